The van der Waals surface area contributed by atoms with Gasteiger partial charge in [-0.25, -0.2) is 0 Å². The minimum absolute atomic E-state index is 0.0168. The van der Waals surface area contributed by atoms with Crippen molar-refractivity contribution in [3.05, 3.63) is 42.0 Å². The number of allylic oxidation sites excluding steroid dienone is 2. The molecule has 27 heavy (non-hydrogen) atoms. The van der Waals surface area contributed by atoms with Crippen LogP contribution in [0.1, 0.15) is 43.0 Å². The van der Waals surface area contributed by atoms with Crippen LogP contribution in [-0.4, -0.2) is 40.9 Å². The molecule has 1 aromatic carbocycles. The molecule has 0 bridgehead atoms. The molecule has 6 nitrogen and oxygen atoms in total. The average molecular weight is 370 g/mol. The molecule has 2 amide bonds. The van der Waals surface area contributed by atoms with Gasteiger partial charge in [0.15, 0.2) is 0 Å². The van der Waals surface area contributed by atoms with Crippen LogP contribution in [0.5, 0.6) is 0 Å². The number of aliphatic carboxylic acids is 1. The molecule has 2 unspecified atom stereocenters. The van der Waals surface area contributed by atoms with Crippen molar-refractivity contribution in [1.82, 2.24) is 4.90 Å². The normalized spacial score (nSPS) is 23.1. The minimum Gasteiger partial charge on any atom is -0.481 e. The van der Waals surface area contributed by atoms with Gasteiger partial charge >= 0.3 is 5.97 Å². The van der Waals surface area contributed by atoms with Crippen LogP contribution in [0.15, 0.2) is 36.4 Å². The van der Waals surface area contributed by atoms with Crippen molar-refractivity contribution in [2.24, 2.45) is 17.8 Å². The van der Waals surface area contributed by atoms with E-state index in [-0.39, 0.29) is 11.8 Å². The Morgan fingerprint density at radius 2 is 1.59 bits per heavy atom. The molecule has 1 aliphatic carbocycles. The van der Waals surface area contributed by atoms with E-state index in [1.165, 1.54) is 0 Å². The number of carboxylic acids is 1. The van der Waals surface area contributed by atoms with Crippen LogP contribution >= 0.6 is 0 Å². The van der Waals surface area contributed by atoms with Crippen molar-refractivity contribution in [2.75, 3.05) is 18.4 Å². The summed E-state index contributed by atoms with van der Waals surface area (Å²) in [5.41, 5.74) is 1.18. The highest BCUT2D eigenvalue weighted by Gasteiger charge is 2.34. The minimum atomic E-state index is -0.948. The summed E-state index contributed by atoms with van der Waals surface area (Å²) >= 11 is 0. The molecule has 2 aliphatic rings. The first-order valence-corrected chi connectivity index (χ1v) is 9.53. The van der Waals surface area contributed by atoms with Gasteiger partial charge in [-0.15, -0.1) is 0 Å². The maximum Gasteiger partial charge on any atom is 0.307 e. The Morgan fingerprint density at radius 1 is 1.00 bits per heavy atom. The van der Waals surface area contributed by atoms with Crippen LogP contribution in [0, 0.1) is 17.8 Å². The van der Waals surface area contributed by atoms with Gasteiger partial charge in [-0.05, 0) is 55.9 Å². The molecule has 3 rings (SSSR count). The zero-order valence-electron chi connectivity index (χ0n) is 15.6. The molecule has 6 heteroatoms. The lowest BCUT2D eigenvalue weighted by atomic mass is 9.82. The molecular weight excluding hydrogens is 344 g/mol. The molecule has 1 aromatic rings. The molecule has 0 saturated carbocycles. The topological polar surface area (TPSA) is 86.7 Å². The van der Waals surface area contributed by atoms with Crippen molar-refractivity contribution in [3.63, 3.8) is 0 Å². The van der Waals surface area contributed by atoms with Gasteiger partial charge in [-0.3, -0.25) is 14.4 Å². The SMILES string of the molecule is CC1CCN(C(=O)c2ccc(NC(=O)C3CC=CCC3C(=O)O)cc2)CC1. The Labute approximate surface area is 159 Å². The van der Waals surface area contributed by atoms with Gasteiger partial charge < -0.3 is 15.3 Å². The lowest BCUT2D eigenvalue weighted by Crippen LogP contribution is -2.37. The van der Waals surface area contributed by atoms with E-state index in [1.807, 2.05) is 17.1 Å². The van der Waals surface area contributed by atoms with Gasteiger partial charge in [-0.1, -0.05) is 19.1 Å². The first kappa shape index (κ1) is 19.1. The summed E-state index contributed by atoms with van der Waals surface area (Å²) in [6.45, 7) is 3.77. The zero-order chi connectivity index (χ0) is 19.4. The lowest BCUT2D eigenvalue weighted by molar-refractivity contribution is -0.146. The number of nitrogens with zero attached hydrogens (tertiary/aromatic N) is 1. The quantitative estimate of drug-likeness (QED) is 0.797. The number of benzene rings is 1. The Bertz CT molecular complexity index is 733. The second kappa shape index (κ2) is 8.37. The number of carbonyl (C=O) groups excluding carboxylic acids is 2. The van der Waals surface area contributed by atoms with Gasteiger partial charge in [0.25, 0.3) is 5.91 Å². The predicted molar refractivity (Wildman–Crippen MR) is 102 cm³/mol. The summed E-state index contributed by atoms with van der Waals surface area (Å²) in [7, 11) is 0. The summed E-state index contributed by atoms with van der Waals surface area (Å²) in [5, 5.41) is 12.1. The van der Waals surface area contributed by atoms with Crippen LogP contribution < -0.4 is 5.32 Å². The van der Waals surface area contributed by atoms with Crippen molar-refractivity contribution in [2.45, 2.75) is 32.6 Å². The molecule has 2 N–H and O–H groups in total. The fourth-order valence-corrected chi connectivity index (χ4v) is 3.70. The highest BCUT2D eigenvalue weighted by Crippen LogP contribution is 2.27. The molecule has 1 aliphatic heterocycles. The number of carbonyl (C=O) groups is 3. The Balaban J connectivity index is 1.62. The van der Waals surface area contributed by atoms with Crippen molar-refractivity contribution >= 4 is 23.5 Å². The highest BCUT2D eigenvalue weighted by molar-refractivity contribution is 5.97. The first-order valence-electron chi connectivity index (χ1n) is 9.53. The number of carboxylic acid groups (broad SMARTS) is 1. The molecule has 1 saturated heterocycles. The van der Waals surface area contributed by atoms with Crippen LogP contribution in [0.25, 0.3) is 0 Å². The van der Waals surface area contributed by atoms with E-state index in [4.69, 9.17) is 0 Å². The third kappa shape index (κ3) is 4.56. The molecule has 2 atom stereocenters. The maximum absolute atomic E-state index is 12.6. The smallest absolute Gasteiger partial charge is 0.307 e. The fourth-order valence-electron chi connectivity index (χ4n) is 3.70. The summed E-state index contributed by atoms with van der Waals surface area (Å²) in [6.07, 6.45) is 6.51. The molecule has 0 aromatic heterocycles. The largest absolute Gasteiger partial charge is 0.481 e. The number of hydrogen-bond donors (Lipinski definition) is 2. The summed E-state index contributed by atoms with van der Waals surface area (Å²) in [5.74, 6) is -1.84. The summed E-state index contributed by atoms with van der Waals surface area (Å²) in [6, 6.07) is 6.83. The Kier molecular flexibility index (Phi) is 5.94. The number of amides is 2. The molecule has 144 valence electrons. The van der Waals surface area contributed by atoms with E-state index in [0.29, 0.717) is 30.0 Å². The number of piperidine rings is 1. The van der Waals surface area contributed by atoms with E-state index >= 15 is 0 Å². The second-order valence-electron chi connectivity index (χ2n) is 7.54. The first-order chi connectivity index (χ1) is 13.0. The number of rotatable bonds is 4. The van der Waals surface area contributed by atoms with Crippen LogP contribution in [-0.2, 0) is 9.59 Å². The molecular formula is C21H26N2O4. The van der Waals surface area contributed by atoms with Gasteiger partial charge in [-0.2, -0.15) is 0 Å². The van der Waals surface area contributed by atoms with E-state index in [2.05, 4.69) is 12.2 Å². The third-order valence-electron chi connectivity index (χ3n) is 5.56. The Morgan fingerprint density at radius 3 is 2.19 bits per heavy atom. The molecule has 0 spiro atoms. The number of likely N-dealkylation sites (tertiary alicyclic amines) is 1. The van der Waals surface area contributed by atoms with Crippen molar-refractivity contribution < 1.29 is 19.5 Å². The number of anilines is 1. The summed E-state index contributed by atoms with van der Waals surface area (Å²) in [4.78, 5) is 38.3. The third-order valence-corrected chi connectivity index (χ3v) is 5.56. The second-order valence-corrected chi connectivity index (χ2v) is 7.54. The predicted octanol–water partition coefficient (Wildman–Crippen LogP) is 3.16. The fraction of sp³-hybridized carbons (Fsp3) is 0.476. The van der Waals surface area contributed by atoms with E-state index in [1.54, 1.807) is 24.3 Å². The Hall–Kier alpha value is -2.63. The van der Waals surface area contributed by atoms with Crippen molar-refractivity contribution in [1.29, 1.82) is 0 Å². The molecule has 0 radical (unpaired) electrons. The van der Waals surface area contributed by atoms with E-state index < -0.39 is 17.8 Å². The zero-order valence-corrected chi connectivity index (χ0v) is 15.6. The van der Waals surface area contributed by atoms with Gasteiger partial charge in [0.2, 0.25) is 5.91 Å². The standard InChI is InChI=1S/C21H26N2O4/c1-14-10-12-23(13-11-14)20(25)15-6-8-16(9-7-15)22-19(24)17-4-2-3-5-18(17)21(26)27/h2-3,6-9,14,17-18H,4-5,10-13H2,1H3,(H,22,24)(H,26,27). The van der Waals surface area contributed by atoms with Crippen LogP contribution in [0.2, 0.25) is 0 Å². The van der Waals surface area contributed by atoms with Crippen LogP contribution in [0.4, 0.5) is 5.69 Å². The monoisotopic (exact) mass is 370 g/mol. The molecule has 1 fully saturated rings. The lowest BCUT2D eigenvalue weighted by Gasteiger charge is -2.30. The number of hydrogen-bond acceptors (Lipinski definition) is 3. The van der Waals surface area contributed by atoms with E-state index in [9.17, 15) is 19.5 Å². The highest BCUT2D eigenvalue weighted by atomic mass is 16.4. The summed E-state index contributed by atoms with van der Waals surface area (Å²) < 4.78 is 0. The maximum atomic E-state index is 12.6. The molecule has 1 heterocycles. The van der Waals surface area contributed by atoms with Gasteiger partial charge in [0.05, 0.1) is 11.8 Å². The van der Waals surface area contributed by atoms with Crippen molar-refractivity contribution in [3.8, 4) is 0 Å². The van der Waals surface area contributed by atoms with Gasteiger partial charge in [0, 0.05) is 24.3 Å². The van der Waals surface area contributed by atoms with Crippen LogP contribution in [0.3, 0.4) is 0 Å². The van der Waals surface area contributed by atoms with E-state index in [0.717, 1.165) is 25.9 Å². The number of nitrogens with one attached hydrogen (secondary N) is 1. The average Bonchev–Trinajstić information content (AvgIpc) is 2.68. The van der Waals surface area contributed by atoms with Gasteiger partial charge in [0.1, 0.15) is 0 Å².